The molecule has 0 N–H and O–H groups in total. The number of allylic oxidation sites excluding steroid dienone is 1. The number of hydrogen-bond acceptors (Lipinski definition) is 4. The highest BCUT2D eigenvalue weighted by molar-refractivity contribution is 5.89. The SMILES string of the molecule is COC(=O)/C=C/CCCCCCCCOC(=O)c1ccccc1. The van der Waals surface area contributed by atoms with E-state index in [4.69, 9.17) is 4.74 Å². The minimum atomic E-state index is -0.296. The van der Waals surface area contributed by atoms with Crippen molar-refractivity contribution in [2.24, 2.45) is 0 Å². The molecule has 4 heteroatoms. The van der Waals surface area contributed by atoms with Crippen molar-refractivity contribution >= 4 is 11.9 Å². The van der Waals surface area contributed by atoms with Gasteiger partial charge >= 0.3 is 11.9 Å². The van der Waals surface area contributed by atoms with E-state index in [2.05, 4.69) is 4.74 Å². The second-order valence-electron chi connectivity index (χ2n) is 5.34. The number of carbonyl (C=O) groups excluding carboxylic acids is 2. The van der Waals surface area contributed by atoms with Gasteiger partial charge in [0.1, 0.15) is 0 Å². The molecule has 0 heterocycles. The standard InChI is InChI=1S/C19H26O4/c1-22-18(20)15-11-6-4-2-3-5-7-12-16-23-19(21)17-13-9-8-10-14-17/h8-11,13-15H,2-7,12,16H2,1H3/b15-11+. The minimum absolute atomic E-state index is 0.247. The molecule has 0 aliphatic carbocycles. The van der Waals surface area contributed by atoms with Crippen molar-refractivity contribution in [3.05, 3.63) is 48.0 Å². The quantitative estimate of drug-likeness (QED) is 0.347. The highest BCUT2D eigenvalue weighted by atomic mass is 16.5. The van der Waals surface area contributed by atoms with Crippen molar-refractivity contribution in [2.75, 3.05) is 13.7 Å². The number of benzene rings is 1. The molecule has 0 radical (unpaired) electrons. The van der Waals surface area contributed by atoms with Gasteiger partial charge in [0, 0.05) is 6.08 Å². The largest absolute Gasteiger partial charge is 0.466 e. The summed E-state index contributed by atoms with van der Waals surface area (Å²) in [5.41, 5.74) is 0.604. The van der Waals surface area contributed by atoms with Gasteiger partial charge in [0.25, 0.3) is 0 Å². The fraction of sp³-hybridized carbons (Fsp3) is 0.474. The normalized spacial score (nSPS) is 10.7. The summed E-state index contributed by atoms with van der Waals surface area (Å²) >= 11 is 0. The Kier molecular flexibility index (Phi) is 10.3. The molecule has 0 fully saturated rings. The number of hydrogen-bond donors (Lipinski definition) is 0. The molecule has 0 atom stereocenters. The number of esters is 2. The van der Waals surface area contributed by atoms with Gasteiger partial charge in [-0.15, -0.1) is 0 Å². The number of carbonyl (C=O) groups is 2. The van der Waals surface area contributed by atoms with Crippen molar-refractivity contribution in [2.45, 2.75) is 44.9 Å². The number of methoxy groups -OCH3 is 1. The molecule has 0 saturated heterocycles. The Morgan fingerprint density at radius 3 is 2.30 bits per heavy atom. The first-order valence-corrected chi connectivity index (χ1v) is 8.20. The van der Waals surface area contributed by atoms with Crippen LogP contribution in [0.15, 0.2) is 42.5 Å². The van der Waals surface area contributed by atoms with E-state index in [-0.39, 0.29) is 11.9 Å². The Hall–Kier alpha value is -2.10. The zero-order chi connectivity index (χ0) is 16.8. The van der Waals surface area contributed by atoms with E-state index in [1.54, 1.807) is 12.1 Å². The minimum Gasteiger partial charge on any atom is -0.466 e. The Balaban J connectivity index is 1.91. The van der Waals surface area contributed by atoms with Gasteiger partial charge in [-0.05, 0) is 31.4 Å². The summed E-state index contributed by atoms with van der Waals surface area (Å²) in [5, 5.41) is 0. The monoisotopic (exact) mass is 318 g/mol. The van der Waals surface area contributed by atoms with E-state index in [1.807, 2.05) is 24.3 Å². The third-order valence-electron chi connectivity index (χ3n) is 3.46. The lowest BCUT2D eigenvalue weighted by molar-refractivity contribution is -0.134. The van der Waals surface area contributed by atoms with Gasteiger partial charge in [-0.1, -0.05) is 50.0 Å². The molecule has 23 heavy (non-hydrogen) atoms. The highest BCUT2D eigenvalue weighted by Gasteiger charge is 2.04. The maximum absolute atomic E-state index is 11.7. The molecule has 0 aliphatic rings. The predicted octanol–water partition coefficient (Wildman–Crippen LogP) is 4.30. The maximum Gasteiger partial charge on any atom is 0.338 e. The Morgan fingerprint density at radius 1 is 0.957 bits per heavy atom. The van der Waals surface area contributed by atoms with Crippen molar-refractivity contribution < 1.29 is 19.1 Å². The van der Waals surface area contributed by atoms with Crippen LogP contribution < -0.4 is 0 Å². The summed E-state index contributed by atoms with van der Waals surface area (Å²) in [6.07, 6.45) is 10.7. The molecule has 0 bridgehead atoms. The summed E-state index contributed by atoms with van der Waals surface area (Å²) in [4.78, 5) is 22.5. The van der Waals surface area contributed by atoms with Gasteiger partial charge in [0.05, 0.1) is 19.3 Å². The van der Waals surface area contributed by atoms with Gasteiger partial charge in [-0.25, -0.2) is 9.59 Å². The second kappa shape index (κ2) is 12.4. The zero-order valence-electron chi connectivity index (χ0n) is 13.8. The average Bonchev–Trinajstić information content (AvgIpc) is 2.59. The van der Waals surface area contributed by atoms with Crippen LogP contribution in [0.2, 0.25) is 0 Å². The molecule has 0 aromatic heterocycles. The Bertz CT molecular complexity index is 479. The van der Waals surface area contributed by atoms with Crippen LogP contribution in [0, 0.1) is 0 Å². The molecular weight excluding hydrogens is 292 g/mol. The van der Waals surface area contributed by atoms with E-state index in [9.17, 15) is 9.59 Å². The second-order valence-corrected chi connectivity index (χ2v) is 5.34. The van der Waals surface area contributed by atoms with Crippen LogP contribution >= 0.6 is 0 Å². The Morgan fingerprint density at radius 2 is 1.61 bits per heavy atom. The molecule has 1 aromatic rings. The predicted molar refractivity (Wildman–Crippen MR) is 90.2 cm³/mol. The van der Waals surface area contributed by atoms with Crippen molar-refractivity contribution in [3.8, 4) is 0 Å². The van der Waals surface area contributed by atoms with E-state index < -0.39 is 0 Å². The molecule has 1 rings (SSSR count). The smallest absolute Gasteiger partial charge is 0.338 e. The summed E-state index contributed by atoms with van der Waals surface area (Å²) in [6.45, 7) is 0.482. The molecule has 1 aromatic carbocycles. The fourth-order valence-corrected chi connectivity index (χ4v) is 2.14. The summed E-state index contributed by atoms with van der Waals surface area (Å²) < 4.78 is 9.75. The lowest BCUT2D eigenvalue weighted by Crippen LogP contribution is -2.06. The number of rotatable bonds is 11. The topological polar surface area (TPSA) is 52.6 Å². The van der Waals surface area contributed by atoms with Gasteiger partial charge in [-0.3, -0.25) is 0 Å². The molecule has 0 unspecified atom stereocenters. The maximum atomic E-state index is 11.7. The van der Waals surface area contributed by atoms with Gasteiger partial charge in [0.2, 0.25) is 0 Å². The van der Waals surface area contributed by atoms with Crippen LogP contribution in [-0.4, -0.2) is 25.7 Å². The first-order valence-electron chi connectivity index (χ1n) is 8.20. The van der Waals surface area contributed by atoms with E-state index >= 15 is 0 Å². The lowest BCUT2D eigenvalue weighted by atomic mass is 10.1. The van der Waals surface area contributed by atoms with E-state index in [1.165, 1.54) is 19.6 Å². The van der Waals surface area contributed by atoms with Crippen LogP contribution in [0.1, 0.15) is 55.3 Å². The Labute approximate surface area is 138 Å². The van der Waals surface area contributed by atoms with Crippen LogP contribution in [0.5, 0.6) is 0 Å². The summed E-state index contributed by atoms with van der Waals surface area (Å²) in [6, 6.07) is 9.06. The number of unbranched alkanes of at least 4 members (excludes halogenated alkanes) is 6. The van der Waals surface area contributed by atoms with Crippen molar-refractivity contribution in [1.29, 1.82) is 0 Å². The van der Waals surface area contributed by atoms with Gasteiger partial charge < -0.3 is 9.47 Å². The molecular formula is C19H26O4. The molecule has 126 valence electrons. The summed E-state index contributed by atoms with van der Waals surface area (Å²) in [5.74, 6) is -0.543. The third-order valence-corrected chi connectivity index (χ3v) is 3.46. The van der Waals surface area contributed by atoms with Crippen LogP contribution in [-0.2, 0) is 14.3 Å². The average molecular weight is 318 g/mol. The van der Waals surface area contributed by atoms with Crippen LogP contribution in [0.4, 0.5) is 0 Å². The lowest BCUT2D eigenvalue weighted by Gasteiger charge is -2.04. The molecule has 0 amide bonds. The van der Waals surface area contributed by atoms with Crippen LogP contribution in [0.25, 0.3) is 0 Å². The van der Waals surface area contributed by atoms with Crippen molar-refractivity contribution in [1.82, 2.24) is 0 Å². The van der Waals surface area contributed by atoms with Crippen LogP contribution in [0.3, 0.4) is 0 Å². The molecule has 0 saturated carbocycles. The molecule has 0 aliphatic heterocycles. The van der Waals surface area contributed by atoms with Gasteiger partial charge in [-0.2, -0.15) is 0 Å². The van der Waals surface area contributed by atoms with E-state index in [0.29, 0.717) is 12.2 Å². The highest BCUT2D eigenvalue weighted by Crippen LogP contribution is 2.08. The third kappa shape index (κ3) is 9.51. The van der Waals surface area contributed by atoms with Gasteiger partial charge in [0.15, 0.2) is 0 Å². The van der Waals surface area contributed by atoms with Crippen molar-refractivity contribution in [3.63, 3.8) is 0 Å². The molecule has 0 spiro atoms. The molecule has 4 nitrogen and oxygen atoms in total. The number of ether oxygens (including phenoxy) is 2. The zero-order valence-corrected chi connectivity index (χ0v) is 13.8. The fourth-order valence-electron chi connectivity index (χ4n) is 2.14. The first-order chi connectivity index (χ1) is 11.2. The summed E-state index contributed by atoms with van der Waals surface area (Å²) in [7, 11) is 1.38. The van der Waals surface area contributed by atoms with E-state index in [0.717, 1.165) is 38.5 Å². The first kappa shape index (κ1) is 18.9.